The van der Waals surface area contributed by atoms with Gasteiger partial charge in [-0.05, 0) is 72.0 Å². The molecular formula is C33H27F2N7O8S. The molecule has 262 valence electrons. The fourth-order valence-electron chi connectivity index (χ4n) is 6.29. The number of hydrogen-bond acceptors (Lipinski definition) is 9. The number of phenols is 1. The Morgan fingerprint density at radius 3 is 2.43 bits per heavy atom. The SMILES string of the molecule is Cn1c(=O)n(C2CCC(=O)NC2=O)c2ccc(Nc3ccc(CC(=O)Nc4ccc5c(F)c(N6CC(=O)NS6(=O)=O)c(O)cc5c4)cc3F)cc21. The Bertz CT molecular complexity index is 2530. The first-order chi connectivity index (χ1) is 24.2. The van der Waals surface area contributed by atoms with Gasteiger partial charge in [-0.3, -0.25) is 33.6 Å². The lowest BCUT2D eigenvalue weighted by molar-refractivity contribution is -0.135. The number of anilines is 4. The van der Waals surface area contributed by atoms with E-state index >= 15 is 8.78 Å². The van der Waals surface area contributed by atoms with Crippen molar-refractivity contribution < 1.29 is 41.5 Å². The van der Waals surface area contributed by atoms with E-state index in [1.165, 1.54) is 39.5 Å². The van der Waals surface area contributed by atoms with Gasteiger partial charge in [-0.1, -0.05) is 6.07 Å². The average Bonchev–Trinajstić information content (AvgIpc) is 3.47. The van der Waals surface area contributed by atoms with Crippen LogP contribution in [0.4, 0.5) is 31.5 Å². The van der Waals surface area contributed by atoms with Gasteiger partial charge in [0, 0.05) is 30.2 Å². The number of carbonyl (C=O) groups is 4. The van der Waals surface area contributed by atoms with Crippen LogP contribution in [0.3, 0.4) is 0 Å². The number of aryl methyl sites for hydroxylation is 1. The topological polar surface area (TPSA) is 201 Å². The quantitative estimate of drug-likeness (QED) is 0.157. The molecule has 1 unspecified atom stereocenters. The molecule has 1 aromatic heterocycles. The van der Waals surface area contributed by atoms with E-state index in [9.17, 15) is 37.5 Å². The van der Waals surface area contributed by atoms with Crippen LogP contribution in [0.25, 0.3) is 21.8 Å². The Kier molecular flexibility index (Phi) is 7.97. The van der Waals surface area contributed by atoms with Gasteiger partial charge in [-0.2, -0.15) is 8.42 Å². The lowest BCUT2D eigenvalue weighted by Gasteiger charge is -2.21. The number of rotatable bonds is 7. The Labute approximate surface area is 286 Å². The van der Waals surface area contributed by atoms with Crippen molar-refractivity contribution in [3.8, 4) is 5.75 Å². The molecule has 4 amide bonds. The van der Waals surface area contributed by atoms with Gasteiger partial charge in [0.1, 0.15) is 29.8 Å². The van der Waals surface area contributed by atoms with Crippen LogP contribution in [0.2, 0.25) is 0 Å². The first-order valence-electron chi connectivity index (χ1n) is 15.4. The Hall–Kier alpha value is -6.30. The van der Waals surface area contributed by atoms with Gasteiger partial charge in [0.15, 0.2) is 5.82 Å². The molecule has 0 spiro atoms. The minimum Gasteiger partial charge on any atom is -0.506 e. The number of imide groups is 1. The lowest BCUT2D eigenvalue weighted by atomic mass is 10.1. The van der Waals surface area contributed by atoms with Crippen LogP contribution in [0, 0.1) is 11.6 Å². The number of carbonyl (C=O) groups excluding carboxylic acids is 4. The van der Waals surface area contributed by atoms with E-state index in [-0.39, 0.29) is 41.4 Å². The maximum absolute atomic E-state index is 15.4. The van der Waals surface area contributed by atoms with Gasteiger partial charge < -0.3 is 15.7 Å². The fourth-order valence-corrected chi connectivity index (χ4v) is 7.45. The van der Waals surface area contributed by atoms with Crippen LogP contribution in [0.15, 0.2) is 65.5 Å². The molecular weight excluding hydrogens is 692 g/mol. The summed E-state index contributed by atoms with van der Waals surface area (Å²) in [6.45, 7) is -0.703. The molecule has 0 aliphatic carbocycles. The number of amides is 4. The number of aromatic nitrogens is 2. The number of imidazole rings is 1. The molecule has 4 aromatic carbocycles. The normalized spacial score (nSPS) is 17.1. The molecule has 51 heavy (non-hydrogen) atoms. The van der Waals surface area contributed by atoms with E-state index in [1.807, 2.05) is 0 Å². The second-order valence-corrected chi connectivity index (χ2v) is 13.7. The maximum atomic E-state index is 15.4. The van der Waals surface area contributed by atoms with Crippen molar-refractivity contribution in [2.75, 3.05) is 21.5 Å². The number of nitrogens with zero attached hydrogens (tertiary/aromatic N) is 3. The number of phenolic OH excluding ortho intramolecular Hbond substituents is 1. The summed E-state index contributed by atoms with van der Waals surface area (Å²) in [5, 5.41) is 18.4. The van der Waals surface area contributed by atoms with Gasteiger partial charge in [-0.25, -0.2) is 22.6 Å². The Morgan fingerprint density at radius 1 is 0.961 bits per heavy atom. The molecule has 2 fully saturated rings. The van der Waals surface area contributed by atoms with E-state index < -0.39 is 75.2 Å². The second-order valence-electron chi connectivity index (χ2n) is 12.1. The van der Waals surface area contributed by atoms with Crippen molar-refractivity contribution in [2.24, 2.45) is 7.05 Å². The molecule has 1 atom stereocenters. The van der Waals surface area contributed by atoms with Crippen LogP contribution in [0.5, 0.6) is 5.75 Å². The predicted molar refractivity (Wildman–Crippen MR) is 181 cm³/mol. The van der Waals surface area contributed by atoms with Crippen LogP contribution in [-0.4, -0.2) is 52.8 Å². The summed E-state index contributed by atoms with van der Waals surface area (Å²) in [6, 6.07) is 13.3. The number of hydrogen-bond donors (Lipinski definition) is 5. The zero-order chi connectivity index (χ0) is 36.4. The predicted octanol–water partition coefficient (Wildman–Crippen LogP) is 2.56. The highest BCUT2D eigenvalue weighted by Crippen LogP contribution is 2.39. The molecule has 2 saturated heterocycles. The molecule has 0 radical (unpaired) electrons. The van der Waals surface area contributed by atoms with Gasteiger partial charge in [0.25, 0.3) is 5.91 Å². The van der Waals surface area contributed by atoms with Gasteiger partial charge in [0.05, 0.1) is 23.1 Å². The maximum Gasteiger partial charge on any atom is 0.329 e. The summed E-state index contributed by atoms with van der Waals surface area (Å²) >= 11 is 0. The zero-order valence-corrected chi connectivity index (χ0v) is 27.3. The first kappa shape index (κ1) is 33.2. The molecule has 15 nitrogen and oxygen atoms in total. The molecule has 18 heteroatoms. The van der Waals surface area contributed by atoms with E-state index in [4.69, 9.17) is 0 Å². The number of aromatic hydroxyl groups is 1. The molecule has 7 rings (SSSR count). The number of fused-ring (bicyclic) bond motifs is 2. The number of piperidine rings is 1. The van der Waals surface area contributed by atoms with Crippen LogP contribution < -0.4 is 30.7 Å². The average molecular weight is 720 g/mol. The number of nitrogens with one attached hydrogen (secondary N) is 4. The largest absolute Gasteiger partial charge is 0.506 e. The van der Waals surface area contributed by atoms with Crippen molar-refractivity contribution in [2.45, 2.75) is 25.3 Å². The van der Waals surface area contributed by atoms with Gasteiger partial charge in [-0.15, -0.1) is 0 Å². The molecule has 5 aromatic rings. The molecule has 2 aliphatic rings. The summed E-state index contributed by atoms with van der Waals surface area (Å²) in [6.07, 6.45) is 0.0566. The molecule has 2 aliphatic heterocycles. The lowest BCUT2D eigenvalue weighted by Crippen LogP contribution is -2.44. The summed E-state index contributed by atoms with van der Waals surface area (Å²) in [5.74, 6) is -4.85. The molecule has 3 heterocycles. The second kappa shape index (κ2) is 12.2. The smallest absolute Gasteiger partial charge is 0.329 e. The summed E-state index contributed by atoms with van der Waals surface area (Å²) in [4.78, 5) is 61.5. The highest BCUT2D eigenvalue weighted by atomic mass is 32.2. The molecule has 0 saturated carbocycles. The summed E-state index contributed by atoms with van der Waals surface area (Å²) in [7, 11) is -2.84. The van der Waals surface area contributed by atoms with E-state index in [1.54, 1.807) is 36.0 Å². The van der Waals surface area contributed by atoms with E-state index in [2.05, 4.69) is 16.0 Å². The summed E-state index contributed by atoms with van der Waals surface area (Å²) in [5.41, 5.74) is 0.900. The highest BCUT2D eigenvalue weighted by Gasteiger charge is 2.38. The first-order valence-corrected chi connectivity index (χ1v) is 16.8. The summed E-state index contributed by atoms with van der Waals surface area (Å²) < 4.78 is 59.8. The molecule has 5 N–H and O–H groups in total. The van der Waals surface area contributed by atoms with Crippen LogP contribution in [-0.2, 0) is 42.9 Å². The third-order valence-electron chi connectivity index (χ3n) is 8.67. The Morgan fingerprint density at radius 2 is 1.73 bits per heavy atom. The fraction of sp³-hybridized carbons (Fsp3) is 0.182. The van der Waals surface area contributed by atoms with Crippen molar-refractivity contribution >= 4 is 78.4 Å². The minimum atomic E-state index is -4.38. The van der Waals surface area contributed by atoms with Gasteiger partial charge in [0.2, 0.25) is 17.7 Å². The van der Waals surface area contributed by atoms with Crippen molar-refractivity contribution in [3.63, 3.8) is 0 Å². The Balaban J connectivity index is 1.05. The minimum absolute atomic E-state index is 0.0752. The monoisotopic (exact) mass is 719 g/mol. The van der Waals surface area contributed by atoms with E-state index in [0.717, 1.165) is 6.07 Å². The van der Waals surface area contributed by atoms with Crippen molar-refractivity contribution in [1.29, 1.82) is 0 Å². The third-order valence-corrected chi connectivity index (χ3v) is 10.0. The number of benzene rings is 4. The highest BCUT2D eigenvalue weighted by molar-refractivity contribution is 7.92. The van der Waals surface area contributed by atoms with Crippen LogP contribution in [0.1, 0.15) is 24.4 Å². The van der Waals surface area contributed by atoms with Crippen molar-refractivity contribution in [3.05, 3.63) is 88.3 Å². The standard InChI is InChI=1S/C33H27F2N7O8S/c1-40-25-14-19(4-7-23(25)42(33(40)48)24-8-9-27(44)38-32(24)47)36-22-6-2-16(10-21(22)34)11-28(45)37-18-3-5-20-17(12-18)13-26(43)31(30(20)35)41-15-29(46)39-51(41,49)50/h2-7,10,12-14,24,36,43H,8-9,11,15H2,1H3,(H,37,45)(H,39,46)(H,38,44,47). The molecule has 0 bridgehead atoms. The van der Waals surface area contributed by atoms with Crippen molar-refractivity contribution in [1.82, 2.24) is 19.2 Å². The number of halogens is 2. The van der Waals surface area contributed by atoms with Gasteiger partial charge >= 0.3 is 15.9 Å². The third kappa shape index (κ3) is 5.98. The van der Waals surface area contributed by atoms with E-state index in [0.29, 0.717) is 26.6 Å². The van der Waals surface area contributed by atoms with Crippen LogP contribution >= 0.6 is 0 Å². The zero-order valence-electron chi connectivity index (χ0n) is 26.5.